The van der Waals surface area contributed by atoms with Gasteiger partial charge in [-0.05, 0) is 38.1 Å². The third-order valence-electron chi connectivity index (χ3n) is 3.18. The Hall–Kier alpha value is -2.65. The Kier molecular flexibility index (Phi) is 9.84. The Balaban J connectivity index is 0.000000527. The molecule has 0 bridgehead atoms. The first-order valence-corrected chi connectivity index (χ1v) is 9.23. The van der Waals surface area contributed by atoms with Crippen LogP contribution in [0.15, 0.2) is 23.6 Å². The minimum Gasteiger partial charge on any atom is -0.493 e. The predicted octanol–water partition coefficient (Wildman–Crippen LogP) is 2.87. The molecule has 2 rings (SSSR count). The molecule has 0 amide bonds. The van der Waals surface area contributed by atoms with Gasteiger partial charge in [-0.15, -0.1) is 11.3 Å². The maximum Gasteiger partial charge on any atom is 0.414 e. The van der Waals surface area contributed by atoms with Crippen LogP contribution in [-0.2, 0) is 16.1 Å². The molecule has 0 aliphatic rings. The highest BCUT2D eigenvalue weighted by Crippen LogP contribution is 2.33. The first-order chi connectivity index (χ1) is 12.9. The lowest BCUT2D eigenvalue weighted by molar-refractivity contribution is -0.159. The highest BCUT2D eigenvalue weighted by molar-refractivity contribution is 7.13. The van der Waals surface area contributed by atoms with Gasteiger partial charge in [-0.3, -0.25) is 0 Å². The van der Waals surface area contributed by atoms with E-state index in [1.54, 1.807) is 18.4 Å². The van der Waals surface area contributed by atoms with Gasteiger partial charge in [0.1, 0.15) is 5.01 Å². The lowest BCUT2D eigenvalue weighted by Crippen LogP contribution is -2.13. The van der Waals surface area contributed by atoms with Crippen molar-refractivity contribution in [2.75, 3.05) is 20.3 Å². The predicted molar refractivity (Wildman–Crippen MR) is 103 cm³/mol. The number of carboxylic acid groups (broad SMARTS) is 2. The Morgan fingerprint density at radius 1 is 1.19 bits per heavy atom. The van der Waals surface area contributed by atoms with Gasteiger partial charge in [0, 0.05) is 17.5 Å². The minimum atomic E-state index is -1.82. The topological polar surface area (TPSA) is 118 Å². The number of carbonyl (C=O) groups is 2. The molecule has 1 aromatic carbocycles. The van der Waals surface area contributed by atoms with Crippen molar-refractivity contribution in [3.63, 3.8) is 0 Å². The van der Waals surface area contributed by atoms with Crippen LogP contribution < -0.4 is 14.8 Å². The van der Waals surface area contributed by atoms with E-state index >= 15 is 0 Å². The van der Waals surface area contributed by atoms with E-state index in [0.717, 1.165) is 47.3 Å². The average molecular weight is 396 g/mol. The molecule has 9 heteroatoms. The van der Waals surface area contributed by atoms with Crippen LogP contribution in [0.2, 0.25) is 0 Å². The second kappa shape index (κ2) is 11.9. The van der Waals surface area contributed by atoms with Gasteiger partial charge in [0.2, 0.25) is 0 Å². The van der Waals surface area contributed by atoms with Gasteiger partial charge < -0.3 is 25.0 Å². The first-order valence-electron chi connectivity index (χ1n) is 8.35. The number of carboxylic acids is 2. The number of nitrogens with one attached hydrogen (secondary N) is 1. The lowest BCUT2D eigenvalue weighted by Gasteiger charge is -2.09. The number of methoxy groups -OCH3 is 1. The van der Waals surface area contributed by atoms with Crippen LogP contribution in [0.1, 0.15) is 26.0 Å². The van der Waals surface area contributed by atoms with E-state index in [4.69, 9.17) is 29.3 Å². The summed E-state index contributed by atoms with van der Waals surface area (Å²) < 4.78 is 10.9. The van der Waals surface area contributed by atoms with Gasteiger partial charge in [0.25, 0.3) is 0 Å². The van der Waals surface area contributed by atoms with Crippen molar-refractivity contribution < 1.29 is 29.3 Å². The standard InChI is InChI=1S/C16H22N2O2S.C2H2O4/c1-4-8-17-10-13-11-21-16(18-13)12-6-7-14(20-5-2)15(9-12)19-3;3-1(4)2(5)6/h6-7,9,11,17H,4-5,8,10H2,1-3H3;(H,3,4)(H,5,6). The molecule has 148 valence electrons. The van der Waals surface area contributed by atoms with Gasteiger partial charge in [-0.25, -0.2) is 14.6 Å². The fourth-order valence-electron chi connectivity index (χ4n) is 1.99. The van der Waals surface area contributed by atoms with Crippen molar-refractivity contribution in [2.45, 2.75) is 26.8 Å². The maximum atomic E-state index is 9.10. The summed E-state index contributed by atoms with van der Waals surface area (Å²) >= 11 is 1.65. The number of aliphatic carboxylic acids is 2. The van der Waals surface area contributed by atoms with Crippen LogP contribution >= 0.6 is 11.3 Å². The highest BCUT2D eigenvalue weighted by atomic mass is 32.1. The second-order valence-corrected chi connectivity index (χ2v) is 6.09. The molecule has 2 aromatic rings. The van der Waals surface area contributed by atoms with Gasteiger partial charge in [0.15, 0.2) is 11.5 Å². The molecular formula is C18H24N2O6S. The second-order valence-electron chi connectivity index (χ2n) is 5.23. The van der Waals surface area contributed by atoms with E-state index in [-0.39, 0.29) is 0 Å². The molecule has 0 spiro atoms. The summed E-state index contributed by atoms with van der Waals surface area (Å²) in [6.45, 7) is 6.58. The minimum absolute atomic E-state index is 0.625. The van der Waals surface area contributed by atoms with E-state index in [1.807, 2.05) is 25.1 Å². The summed E-state index contributed by atoms with van der Waals surface area (Å²) in [6, 6.07) is 5.94. The number of hydrogen-bond donors (Lipinski definition) is 3. The van der Waals surface area contributed by atoms with Crippen molar-refractivity contribution in [1.82, 2.24) is 10.3 Å². The molecule has 0 unspecified atom stereocenters. The molecule has 8 nitrogen and oxygen atoms in total. The van der Waals surface area contributed by atoms with Crippen molar-refractivity contribution in [1.29, 1.82) is 0 Å². The summed E-state index contributed by atoms with van der Waals surface area (Å²) in [4.78, 5) is 22.9. The molecule has 1 aromatic heterocycles. The largest absolute Gasteiger partial charge is 0.493 e. The van der Waals surface area contributed by atoms with Crippen LogP contribution in [0, 0.1) is 0 Å². The van der Waals surface area contributed by atoms with E-state index in [0.29, 0.717) is 6.61 Å². The van der Waals surface area contributed by atoms with Gasteiger partial charge in [-0.1, -0.05) is 6.92 Å². The monoisotopic (exact) mass is 396 g/mol. The SMILES string of the molecule is CCCNCc1csc(-c2ccc(OCC)c(OC)c2)n1.O=C(O)C(=O)O. The normalized spacial score (nSPS) is 9.89. The number of nitrogens with zero attached hydrogens (tertiary/aromatic N) is 1. The maximum absolute atomic E-state index is 9.10. The van der Waals surface area contributed by atoms with Gasteiger partial charge in [0.05, 0.1) is 19.4 Å². The van der Waals surface area contributed by atoms with Gasteiger partial charge in [-0.2, -0.15) is 0 Å². The van der Waals surface area contributed by atoms with Crippen LogP contribution in [0.25, 0.3) is 10.6 Å². The number of benzene rings is 1. The molecule has 0 saturated heterocycles. The number of ether oxygens (including phenoxy) is 2. The van der Waals surface area contributed by atoms with E-state index < -0.39 is 11.9 Å². The summed E-state index contributed by atoms with van der Waals surface area (Å²) in [5.41, 5.74) is 2.14. The van der Waals surface area contributed by atoms with E-state index in [1.165, 1.54) is 0 Å². The zero-order valence-electron chi connectivity index (χ0n) is 15.5. The van der Waals surface area contributed by atoms with E-state index in [2.05, 4.69) is 22.6 Å². The third kappa shape index (κ3) is 7.63. The van der Waals surface area contributed by atoms with Crippen LogP contribution in [0.5, 0.6) is 11.5 Å². The quantitative estimate of drug-likeness (QED) is 0.460. The Bertz CT molecular complexity index is 735. The molecule has 0 radical (unpaired) electrons. The Labute approximate surface area is 161 Å². The summed E-state index contributed by atoms with van der Waals surface area (Å²) in [6.07, 6.45) is 1.13. The third-order valence-corrected chi connectivity index (χ3v) is 4.12. The number of thiazole rings is 1. The molecule has 0 atom stereocenters. The molecule has 0 aliphatic heterocycles. The number of aromatic nitrogens is 1. The van der Waals surface area contributed by atoms with E-state index in [9.17, 15) is 0 Å². The molecule has 0 aliphatic carbocycles. The van der Waals surface area contributed by atoms with Gasteiger partial charge >= 0.3 is 11.9 Å². The molecule has 27 heavy (non-hydrogen) atoms. The Morgan fingerprint density at radius 2 is 1.89 bits per heavy atom. The fraction of sp³-hybridized carbons (Fsp3) is 0.389. The smallest absolute Gasteiger partial charge is 0.414 e. The number of hydrogen-bond acceptors (Lipinski definition) is 7. The molecule has 0 fully saturated rings. The summed E-state index contributed by atoms with van der Waals surface area (Å²) in [5, 5.41) is 21.2. The van der Waals surface area contributed by atoms with Crippen molar-refractivity contribution >= 4 is 23.3 Å². The first kappa shape index (κ1) is 22.4. The lowest BCUT2D eigenvalue weighted by atomic mass is 10.2. The zero-order valence-corrected chi connectivity index (χ0v) is 16.3. The molecular weight excluding hydrogens is 372 g/mol. The molecule has 3 N–H and O–H groups in total. The molecule has 1 heterocycles. The zero-order chi connectivity index (χ0) is 20.2. The highest BCUT2D eigenvalue weighted by Gasteiger charge is 2.10. The number of rotatable bonds is 8. The van der Waals surface area contributed by atoms with Crippen LogP contribution in [-0.4, -0.2) is 47.4 Å². The summed E-state index contributed by atoms with van der Waals surface area (Å²) in [5.74, 6) is -2.13. The van der Waals surface area contributed by atoms with Crippen molar-refractivity contribution in [3.05, 3.63) is 29.3 Å². The average Bonchev–Trinajstić information content (AvgIpc) is 3.12. The van der Waals surface area contributed by atoms with Crippen LogP contribution in [0.4, 0.5) is 0 Å². The fourth-order valence-corrected chi connectivity index (χ4v) is 2.81. The van der Waals surface area contributed by atoms with Crippen molar-refractivity contribution in [2.24, 2.45) is 0 Å². The van der Waals surface area contributed by atoms with Crippen LogP contribution in [0.3, 0.4) is 0 Å². The summed E-state index contributed by atoms with van der Waals surface area (Å²) in [7, 11) is 1.66. The Morgan fingerprint density at radius 3 is 2.44 bits per heavy atom. The molecule has 0 saturated carbocycles. The van der Waals surface area contributed by atoms with Crippen molar-refractivity contribution in [3.8, 4) is 22.1 Å².